The maximum Gasteiger partial charge on any atom is 0.0606 e. The minimum absolute atomic E-state index is 0.173. The monoisotopic (exact) mass is 227 g/mol. The average Bonchev–Trinajstić information content (AvgIpc) is 2.40. The lowest BCUT2D eigenvalue weighted by molar-refractivity contribution is 0.304. The first kappa shape index (κ1) is 11.7. The quantitative estimate of drug-likeness (QED) is 0.868. The van der Waals surface area contributed by atoms with E-state index in [4.69, 9.17) is 5.11 Å². The number of benzene rings is 2. The molecule has 0 bridgehead atoms. The number of hydrogen-bond donors (Lipinski definition) is 1. The van der Waals surface area contributed by atoms with E-state index in [2.05, 4.69) is 30.3 Å². The molecule has 2 aromatic carbocycles. The van der Waals surface area contributed by atoms with E-state index in [1.54, 1.807) is 0 Å². The number of hydrogen-bond acceptors (Lipinski definition) is 2. The fraction of sp³-hybridized carbons (Fsp3) is 0.200. The Morgan fingerprint density at radius 2 is 1.65 bits per heavy atom. The molecule has 0 spiro atoms. The Bertz CT molecular complexity index is 467. The van der Waals surface area contributed by atoms with E-state index >= 15 is 0 Å². The van der Waals surface area contributed by atoms with Crippen LogP contribution in [0, 0.1) is 0 Å². The minimum Gasteiger partial charge on any atom is -0.395 e. The Balaban J connectivity index is 2.29. The smallest absolute Gasteiger partial charge is 0.0606 e. The zero-order valence-electron chi connectivity index (χ0n) is 10.0. The van der Waals surface area contributed by atoms with Gasteiger partial charge in [0, 0.05) is 19.3 Å². The van der Waals surface area contributed by atoms with Gasteiger partial charge in [0.05, 0.1) is 6.61 Å². The van der Waals surface area contributed by atoms with Crippen LogP contribution in [0.2, 0.25) is 0 Å². The summed E-state index contributed by atoms with van der Waals surface area (Å²) in [7, 11) is 1.99. The molecule has 0 saturated carbocycles. The Morgan fingerprint density at radius 1 is 0.941 bits per heavy atom. The maximum absolute atomic E-state index is 8.94. The van der Waals surface area contributed by atoms with Crippen LogP contribution >= 0.6 is 0 Å². The van der Waals surface area contributed by atoms with Crippen LogP contribution in [0.3, 0.4) is 0 Å². The summed E-state index contributed by atoms with van der Waals surface area (Å²) in [5.74, 6) is 0. The second-order valence-electron chi connectivity index (χ2n) is 4.06. The molecule has 88 valence electrons. The van der Waals surface area contributed by atoms with Crippen LogP contribution in [0.1, 0.15) is 0 Å². The van der Waals surface area contributed by atoms with Crippen molar-refractivity contribution in [3.05, 3.63) is 54.6 Å². The lowest BCUT2D eigenvalue weighted by atomic mass is 10.1. The fourth-order valence-corrected chi connectivity index (χ4v) is 1.83. The van der Waals surface area contributed by atoms with E-state index in [0.29, 0.717) is 6.54 Å². The Hall–Kier alpha value is -1.80. The van der Waals surface area contributed by atoms with Crippen molar-refractivity contribution < 1.29 is 5.11 Å². The summed E-state index contributed by atoms with van der Waals surface area (Å²) in [4.78, 5) is 2.05. The molecule has 0 aliphatic heterocycles. The van der Waals surface area contributed by atoms with Crippen molar-refractivity contribution in [3.8, 4) is 11.1 Å². The van der Waals surface area contributed by atoms with Gasteiger partial charge in [-0.1, -0.05) is 42.5 Å². The highest BCUT2D eigenvalue weighted by Gasteiger charge is 2.02. The van der Waals surface area contributed by atoms with Crippen molar-refractivity contribution in [2.24, 2.45) is 0 Å². The molecule has 2 aromatic rings. The van der Waals surface area contributed by atoms with Gasteiger partial charge in [0.15, 0.2) is 0 Å². The van der Waals surface area contributed by atoms with Crippen LogP contribution in [0.4, 0.5) is 5.69 Å². The highest BCUT2D eigenvalue weighted by Crippen LogP contribution is 2.23. The van der Waals surface area contributed by atoms with Gasteiger partial charge in [-0.15, -0.1) is 0 Å². The van der Waals surface area contributed by atoms with Gasteiger partial charge in [-0.05, 0) is 23.3 Å². The van der Waals surface area contributed by atoms with E-state index in [0.717, 1.165) is 5.69 Å². The summed E-state index contributed by atoms with van der Waals surface area (Å²) < 4.78 is 0. The van der Waals surface area contributed by atoms with Crippen molar-refractivity contribution in [2.45, 2.75) is 0 Å². The molecule has 2 heteroatoms. The summed E-state index contributed by atoms with van der Waals surface area (Å²) in [6.45, 7) is 0.824. The highest BCUT2D eigenvalue weighted by molar-refractivity contribution is 5.68. The Morgan fingerprint density at radius 3 is 2.35 bits per heavy atom. The zero-order valence-corrected chi connectivity index (χ0v) is 10.0. The van der Waals surface area contributed by atoms with Gasteiger partial charge in [-0.2, -0.15) is 0 Å². The minimum atomic E-state index is 0.173. The third-order valence-electron chi connectivity index (χ3n) is 2.83. The SMILES string of the molecule is CN(CCO)c1cccc(-c2ccccc2)c1. The zero-order chi connectivity index (χ0) is 12.1. The molecular formula is C15H17NO. The van der Waals surface area contributed by atoms with Crippen LogP contribution in [0.5, 0.6) is 0 Å². The molecule has 0 saturated heterocycles. The third-order valence-corrected chi connectivity index (χ3v) is 2.83. The highest BCUT2D eigenvalue weighted by atomic mass is 16.3. The van der Waals surface area contributed by atoms with E-state index in [1.807, 2.05) is 36.2 Å². The molecule has 0 aromatic heterocycles. The van der Waals surface area contributed by atoms with Gasteiger partial charge in [0.2, 0.25) is 0 Å². The second kappa shape index (κ2) is 5.51. The number of rotatable bonds is 4. The Labute approximate surface area is 102 Å². The van der Waals surface area contributed by atoms with E-state index in [1.165, 1.54) is 11.1 Å². The predicted octanol–water partition coefficient (Wildman–Crippen LogP) is 2.78. The topological polar surface area (TPSA) is 23.5 Å². The molecule has 2 nitrogen and oxygen atoms in total. The summed E-state index contributed by atoms with van der Waals surface area (Å²) in [5.41, 5.74) is 3.54. The fourth-order valence-electron chi connectivity index (χ4n) is 1.83. The summed E-state index contributed by atoms with van der Waals surface area (Å²) in [6, 6.07) is 18.7. The molecule has 0 amide bonds. The van der Waals surface area contributed by atoms with E-state index in [9.17, 15) is 0 Å². The van der Waals surface area contributed by atoms with Crippen LogP contribution in [-0.4, -0.2) is 25.3 Å². The molecule has 0 aliphatic rings. The van der Waals surface area contributed by atoms with Gasteiger partial charge in [-0.25, -0.2) is 0 Å². The predicted molar refractivity (Wildman–Crippen MR) is 72.2 cm³/mol. The van der Waals surface area contributed by atoms with Gasteiger partial charge >= 0.3 is 0 Å². The first-order chi connectivity index (χ1) is 8.31. The van der Waals surface area contributed by atoms with E-state index < -0.39 is 0 Å². The molecule has 0 heterocycles. The molecule has 17 heavy (non-hydrogen) atoms. The van der Waals surface area contributed by atoms with Crippen LogP contribution in [-0.2, 0) is 0 Å². The normalized spacial score (nSPS) is 10.2. The summed E-state index contributed by atoms with van der Waals surface area (Å²) in [6.07, 6.45) is 0. The van der Waals surface area contributed by atoms with Crippen molar-refractivity contribution >= 4 is 5.69 Å². The van der Waals surface area contributed by atoms with Crippen molar-refractivity contribution in [1.29, 1.82) is 0 Å². The van der Waals surface area contributed by atoms with E-state index in [-0.39, 0.29) is 6.61 Å². The average molecular weight is 227 g/mol. The standard InChI is InChI=1S/C15H17NO/c1-16(10-11-17)15-9-5-8-14(12-15)13-6-3-2-4-7-13/h2-9,12,17H,10-11H2,1H3. The molecule has 0 unspecified atom stereocenters. The maximum atomic E-state index is 8.94. The second-order valence-corrected chi connectivity index (χ2v) is 4.06. The number of likely N-dealkylation sites (N-methyl/N-ethyl adjacent to an activating group) is 1. The number of aliphatic hydroxyl groups excluding tert-OH is 1. The largest absolute Gasteiger partial charge is 0.395 e. The number of aliphatic hydroxyl groups is 1. The summed E-state index contributed by atoms with van der Waals surface area (Å²) >= 11 is 0. The van der Waals surface area contributed by atoms with Gasteiger partial charge in [-0.3, -0.25) is 0 Å². The first-order valence-corrected chi connectivity index (χ1v) is 5.79. The van der Waals surface area contributed by atoms with Crippen LogP contribution in [0.25, 0.3) is 11.1 Å². The number of anilines is 1. The molecule has 0 fully saturated rings. The Kier molecular flexibility index (Phi) is 3.78. The number of nitrogens with zero attached hydrogens (tertiary/aromatic N) is 1. The first-order valence-electron chi connectivity index (χ1n) is 5.79. The van der Waals surface area contributed by atoms with Crippen molar-refractivity contribution in [1.82, 2.24) is 0 Å². The molecule has 0 aliphatic carbocycles. The van der Waals surface area contributed by atoms with Crippen molar-refractivity contribution in [2.75, 3.05) is 25.1 Å². The molecule has 0 atom stereocenters. The molecule has 2 rings (SSSR count). The van der Waals surface area contributed by atoms with Gasteiger partial charge in [0.25, 0.3) is 0 Å². The van der Waals surface area contributed by atoms with Gasteiger partial charge in [0.1, 0.15) is 0 Å². The van der Waals surface area contributed by atoms with Crippen LogP contribution < -0.4 is 4.90 Å². The third kappa shape index (κ3) is 2.86. The molecule has 1 N–H and O–H groups in total. The lowest BCUT2D eigenvalue weighted by Crippen LogP contribution is -2.20. The molecular weight excluding hydrogens is 210 g/mol. The van der Waals surface area contributed by atoms with Crippen LogP contribution in [0.15, 0.2) is 54.6 Å². The van der Waals surface area contributed by atoms with Gasteiger partial charge < -0.3 is 10.0 Å². The van der Waals surface area contributed by atoms with Crippen molar-refractivity contribution in [3.63, 3.8) is 0 Å². The summed E-state index contributed by atoms with van der Waals surface area (Å²) in [5, 5.41) is 8.94. The molecule has 0 radical (unpaired) electrons. The lowest BCUT2D eigenvalue weighted by Gasteiger charge is -2.18.